The molecule has 2 aliphatic rings. The van der Waals surface area contributed by atoms with Gasteiger partial charge in [0.15, 0.2) is 5.82 Å². The molecule has 0 saturated heterocycles. The average Bonchev–Trinajstić information content (AvgIpc) is 3.43. The van der Waals surface area contributed by atoms with Crippen LogP contribution in [0.5, 0.6) is 0 Å². The van der Waals surface area contributed by atoms with Crippen molar-refractivity contribution in [1.29, 1.82) is 0 Å². The van der Waals surface area contributed by atoms with Crippen LogP contribution in [0.15, 0.2) is 35.1 Å². The van der Waals surface area contributed by atoms with E-state index >= 15 is 4.39 Å². The first-order chi connectivity index (χ1) is 18.8. The van der Waals surface area contributed by atoms with Crippen molar-refractivity contribution in [2.24, 2.45) is 11.8 Å². The Morgan fingerprint density at radius 1 is 1.18 bits per heavy atom. The molecule has 7 nitrogen and oxygen atoms in total. The van der Waals surface area contributed by atoms with Gasteiger partial charge in [-0.15, -0.1) is 0 Å². The quantitative estimate of drug-likeness (QED) is 0.174. The summed E-state index contributed by atoms with van der Waals surface area (Å²) in [5, 5.41) is 3.16. The SMILES string of the molecule is Cc1cc(Br)ccc1Nc1c(C(=O)NOCC2CC2)cc2c(ncn2CCCCC2CCC(N(C)C)C2)c1F. The molecule has 2 aromatic carbocycles. The van der Waals surface area contributed by atoms with Crippen LogP contribution in [0.1, 0.15) is 67.3 Å². The van der Waals surface area contributed by atoms with Crippen LogP contribution in [0.25, 0.3) is 11.0 Å². The van der Waals surface area contributed by atoms with Crippen molar-refractivity contribution in [3.05, 3.63) is 52.0 Å². The Labute approximate surface area is 238 Å². The van der Waals surface area contributed by atoms with Crippen LogP contribution < -0.4 is 10.8 Å². The van der Waals surface area contributed by atoms with Crippen LogP contribution >= 0.6 is 15.9 Å². The number of aromatic nitrogens is 2. The molecule has 210 valence electrons. The van der Waals surface area contributed by atoms with E-state index in [1.54, 1.807) is 12.4 Å². The van der Waals surface area contributed by atoms with Crippen molar-refractivity contribution in [2.75, 3.05) is 26.0 Å². The maximum Gasteiger partial charge on any atom is 0.277 e. The zero-order valence-electron chi connectivity index (χ0n) is 23.1. The van der Waals surface area contributed by atoms with Gasteiger partial charge in [0.2, 0.25) is 0 Å². The number of hydrogen-bond donors (Lipinski definition) is 2. The van der Waals surface area contributed by atoms with Crippen molar-refractivity contribution in [3.8, 4) is 0 Å². The Morgan fingerprint density at radius 3 is 2.69 bits per heavy atom. The molecule has 1 aromatic heterocycles. The van der Waals surface area contributed by atoms with Gasteiger partial charge in [-0.25, -0.2) is 14.9 Å². The third-order valence-corrected chi connectivity index (χ3v) is 8.73. The van der Waals surface area contributed by atoms with Crippen molar-refractivity contribution >= 4 is 44.2 Å². The number of nitrogens with zero attached hydrogens (tertiary/aromatic N) is 3. The summed E-state index contributed by atoms with van der Waals surface area (Å²) in [6.07, 6.45) is 11.1. The monoisotopic (exact) mass is 599 g/mol. The van der Waals surface area contributed by atoms with Gasteiger partial charge in [0, 0.05) is 22.7 Å². The van der Waals surface area contributed by atoms with E-state index in [2.05, 4.69) is 50.7 Å². The number of nitrogens with one attached hydrogen (secondary N) is 2. The molecule has 9 heteroatoms. The number of halogens is 2. The fourth-order valence-corrected chi connectivity index (χ4v) is 6.07. The minimum Gasteiger partial charge on any atom is -0.352 e. The number of imidazole rings is 1. The van der Waals surface area contributed by atoms with Crippen LogP contribution in [0.3, 0.4) is 0 Å². The summed E-state index contributed by atoms with van der Waals surface area (Å²) in [7, 11) is 4.34. The first kappa shape index (κ1) is 28.1. The van der Waals surface area contributed by atoms with Crippen LogP contribution in [0.2, 0.25) is 0 Å². The summed E-state index contributed by atoms with van der Waals surface area (Å²) in [4.78, 5) is 25.4. The molecular formula is C30H39BrFN5O2. The highest BCUT2D eigenvalue weighted by atomic mass is 79.9. The number of unbranched alkanes of at least 4 members (excludes halogenated alkanes) is 1. The first-order valence-corrected chi connectivity index (χ1v) is 14.9. The van der Waals surface area contributed by atoms with E-state index in [-0.39, 0.29) is 16.8 Å². The summed E-state index contributed by atoms with van der Waals surface area (Å²) < 4.78 is 18.9. The van der Waals surface area contributed by atoms with Crippen molar-refractivity contribution in [3.63, 3.8) is 0 Å². The fraction of sp³-hybridized carbons (Fsp3) is 0.533. The van der Waals surface area contributed by atoms with Gasteiger partial charge in [0.1, 0.15) is 5.52 Å². The maximum atomic E-state index is 16.0. The number of aryl methyl sites for hydroxylation is 2. The van der Waals surface area contributed by atoms with Gasteiger partial charge < -0.3 is 14.8 Å². The molecule has 1 heterocycles. The standard InChI is InChI=1S/C30H39BrFN5O2/c1-19-14-22(31)10-12-25(19)34-28-24(30(38)35-39-17-21-7-8-21)16-26-29(27(28)32)33-18-37(26)13-5-4-6-20-9-11-23(15-20)36(2)3/h10,12,14,16,18,20-21,23,34H,4-9,11,13,15,17H2,1-3H3,(H,35,38). The summed E-state index contributed by atoms with van der Waals surface area (Å²) in [5.74, 6) is 0.266. The molecular weight excluding hydrogens is 561 g/mol. The maximum absolute atomic E-state index is 16.0. The molecule has 0 bridgehead atoms. The fourth-order valence-electron chi connectivity index (χ4n) is 5.60. The summed E-state index contributed by atoms with van der Waals surface area (Å²) in [5.41, 5.74) is 5.34. The summed E-state index contributed by atoms with van der Waals surface area (Å²) in [6.45, 7) is 3.14. The normalized spacial score (nSPS) is 19.2. The minimum atomic E-state index is -0.540. The number of fused-ring (bicyclic) bond motifs is 1. The second-order valence-electron chi connectivity index (χ2n) is 11.5. The van der Waals surface area contributed by atoms with E-state index in [0.717, 1.165) is 48.2 Å². The Balaban J connectivity index is 1.33. The topological polar surface area (TPSA) is 71.4 Å². The summed E-state index contributed by atoms with van der Waals surface area (Å²) >= 11 is 3.47. The molecule has 2 saturated carbocycles. The summed E-state index contributed by atoms with van der Waals surface area (Å²) in [6, 6.07) is 8.12. The molecule has 0 aliphatic heterocycles. The van der Waals surface area contributed by atoms with Gasteiger partial charge >= 0.3 is 0 Å². The van der Waals surface area contributed by atoms with Gasteiger partial charge in [-0.05, 0) is 101 Å². The first-order valence-electron chi connectivity index (χ1n) is 14.1. The van der Waals surface area contributed by atoms with Gasteiger partial charge in [0.25, 0.3) is 5.91 Å². The molecule has 2 N–H and O–H groups in total. The minimum absolute atomic E-state index is 0.0994. The lowest BCUT2D eigenvalue weighted by molar-refractivity contribution is 0.0271. The zero-order valence-corrected chi connectivity index (χ0v) is 24.7. The molecule has 0 spiro atoms. The molecule has 5 rings (SSSR count). The molecule has 2 fully saturated rings. The van der Waals surface area contributed by atoms with Crippen LogP contribution in [0.4, 0.5) is 15.8 Å². The average molecular weight is 601 g/mol. The third kappa shape index (κ3) is 6.81. The van der Waals surface area contributed by atoms with Crippen molar-refractivity contribution in [2.45, 2.75) is 70.9 Å². The van der Waals surface area contributed by atoms with Crippen LogP contribution in [-0.4, -0.2) is 47.1 Å². The Morgan fingerprint density at radius 2 is 1.97 bits per heavy atom. The largest absolute Gasteiger partial charge is 0.352 e. The van der Waals surface area contributed by atoms with Crippen LogP contribution in [-0.2, 0) is 11.4 Å². The number of carbonyl (C=O) groups is 1. The highest BCUT2D eigenvalue weighted by Crippen LogP contribution is 2.34. The predicted octanol–water partition coefficient (Wildman–Crippen LogP) is 6.96. The number of hydrogen-bond acceptors (Lipinski definition) is 5. The van der Waals surface area contributed by atoms with E-state index in [4.69, 9.17) is 4.84 Å². The smallest absolute Gasteiger partial charge is 0.277 e. The van der Waals surface area contributed by atoms with E-state index < -0.39 is 11.7 Å². The lowest BCUT2D eigenvalue weighted by Gasteiger charge is -2.19. The zero-order chi connectivity index (χ0) is 27.5. The van der Waals surface area contributed by atoms with Gasteiger partial charge in [0.05, 0.1) is 29.7 Å². The van der Waals surface area contributed by atoms with E-state index in [0.29, 0.717) is 29.8 Å². The Hall–Kier alpha value is -2.49. The van der Waals surface area contributed by atoms with Gasteiger partial charge in [-0.1, -0.05) is 28.8 Å². The lowest BCUT2D eigenvalue weighted by atomic mass is 10.00. The van der Waals surface area contributed by atoms with Crippen molar-refractivity contribution in [1.82, 2.24) is 19.9 Å². The Kier molecular flexibility index (Phi) is 8.89. The number of benzene rings is 2. The second-order valence-corrected chi connectivity index (χ2v) is 12.4. The highest BCUT2D eigenvalue weighted by Gasteiger charge is 2.26. The molecule has 2 aliphatic carbocycles. The van der Waals surface area contributed by atoms with Crippen molar-refractivity contribution < 1.29 is 14.0 Å². The Bertz CT molecular complexity index is 1320. The third-order valence-electron chi connectivity index (χ3n) is 8.23. The highest BCUT2D eigenvalue weighted by molar-refractivity contribution is 9.10. The molecule has 2 unspecified atom stereocenters. The number of hydroxylamine groups is 1. The molecule has 1 amide bonds. The molecule has 2 atom stereocenters. The number of amides is 1. The predicted molar refractivity (Wildman–Crippen MR) is 157 cm³/mol. The van der Waals surface area contributed by atoms with Crippen LogP contribution in [0, 0.1) is 24.6 Å². The molecule has 3 aromatic rings. The van der Waals surface area contributed by atoms with E-state index in [1.807, 2.05) is 29.7 Å². The van der Waals surface area contributed by atoms with E-state index in [9.17, 15) is 4.79 Å². The number of rotatable bonds is 12. The second kappa shape index (κ2) is 12.4. The van der Waals surface area contributed by atoms with E-state index in [1.165, 1.54) is 25.7 Å². The number of carbonyl (C=O) groups excluding carboxylic acids is 1. The van der Waals surface area contributed by atoms with Gasteiger partial charge in [-0.2, -0.15) is 0 Å². The number of anilines is 2. The van der Waals surface area contributed by atoms with Gasteiger partial charge in [-0.3, -0.25) is 9.63 Å². The molecule has 0 radical (unpaired) electrons. The lowest BCUT2D eigenvalue weighted by Crippen LogP contribution is -2.26. The molecule has 39 heavy (non-hydrogen) atoms.